The number of hydrogen-bond acceptors (Lipinski definition) is 1. The zero-order chi connectivity index (χ0) is 11.6. The molecule has 1 rings (SSSR count). The van der Waals surface area contributed by atoms with Crippen LogP contribution in [0.2, 0.25) is 10.0 Å². The summed E-state index contributed by atoms with van der Waals surface area (Å²) in [4.78, 5) is 10.8. The molecule has 0 heterocycles. The third kappa shape index (κ3) is 2.74. The number of hydrogen-bond donors (Lipinski definition) is 1. The monoisotopic (exact) mass is 244 g/mol. The van der Waals surface area contributed by atoms with Gasteiger partial charge in [-0.15, -0.1) is 0 Å². The third-order valence-electron chi connectivity index (χ3n) is 2.22. The first-order chi connectivity index (χ1) is 6.93. The predicted octanol–water partition coefficient (Wildman–Crippen LogP) is 3.87. The van der Waals surface area contributed by atoms with Gasteiger partial charge < -0.3 is 5.11 Å². The fourth-order valence-electron chi connectivity index (χ4n) is 1.16. The first-order valence-corrected chi connectivity index (χ1v) is 5.05. The van der Waals surface area contributed by atoms with E-state index in [0.29, 0.717) is 21.2 Å². The average molecular weight is 245 g/mol. The van der Waals surface area contributed by atoms with Crippen LogP contribution in [-0.4, -0.2) is 11.1 Å². The largest absolute Gasteiger partial charge is 0.478 e. The SMILES string of the molecule is CC(C(=O)O)=C(C)c1ccc(Cl)cc1Cl. The molecule has 1 aromatic rings. The minimum Gasteiger partial charge on any atom is -0.478 e. The van der Waals surface area contributed by atoms with Crippen molar-refractivity contribution in [3.05, 3.63) is 39.4 Å². The van der Waals surface area contributed by atoms with E-state index in [9.17, 15) is 4.79 Å². The van der Waals surface area contributed by atoms with Gasteiger partial charge in [0.2, 0.25) is 0 Å². The number of allylic oxidation sites excluding steroid dienone is 1. The molecule has 0 aliphatic rings. The second-order valence-corrected chi connectivity index (χ2v) is 4.02. The number of aliphatic carboxylic acids is 1. The van der Waals surface area contributed by atoms with Crippen LogP contribution in [0.5, 0.6) is 0 Å². The molecule has 4 heteroatoms. The van der Waals surface area contributed by atoms with E-state index < -0.39 is 5.97 Å². The highest BCUT2D eigenvalue weighted by atomic mass is 35.5. The second-order valence-electron chi connectivity index (χ2n) is 3.18. The highest BCUT2D eigenvalue weighted by molar-refractivity contribution is 6.35. The Hall–Kier alpha value is -0.990. The van der Waals surface area contributed by atoms with Crippen molar-refractivity contribution in [3.8, 4) is 0 Å². The molecule has 80 valence electrons. The van der Waals surface area contributed by atoms with Gasteiger partial charge in [-0.1, -0.05) is 29.3 Å². The Morgan fingerprint density at radius 1 is 1.27 bits per heavy atom. The molecular formula is C11H10Cl2O2. The molecule has 0 aliphatic carbocycles. The molecule has 0 aliphatic heterocycles. The number of carboxylic acid groups (broad SMARTS) is 1. The lowest BCUT2D eigenvalue weighted by Gasteiger charge is -2.07. The molecule has 0 bridgehead atoms. The second kappa shape index (κ2) is 4.69. The molecule has 0 saturated heterocycles. The number of rotatable bonds is 2. The summed E-state index contributed by atoms with van der Waals surface area (Å²) in [6, 6.07) is 4.99. The summed E-state index contributed by atoms with van der Waals surface area (Å²) < 4.78 is 0. The van der Waals surface area contributed by atoms with Crippen molar-refractivity contribution < 1.29 is 9.90 Å². The summed E-state index contributed by atoms with van der Waals surface area (Å²) in [5, 5.41) is 9.82. The molecule has 15 heavy (non-hydrogen) atoms. The van der Waals surface area contributed by atoms with Gasteiger partial charge in [-0.2, -0.15) is 0 Å². The van der Waals surface area contributed by atoms with Crippen LogP contribution in [0, 0.1) is 0 Å². The number of benzene rings is 1. The van der Waals surface area contributed by atoms with Crippen LogP contribution >= 0.6 is 23.2 Å². The summed E-state index contributed by atoms with van der Waals surface area (Å²) in [5.41, 5.74) is 1.62. The standard InChI is InChI=1S/C11H10Cl2O2/c1-6(7(2)11(14)15)9-4-3-8(12)5-10(9)13/h3-5H,1-2H3,(H,14,15). The minimum absolute atomic E-state index is 0.277. The molecule has 0 saturated carbocycles. The molecule has 1 N–H and O–H groups in total. The van der Waals surface area contributed by atoms with Gasteiger partial charge in [-0.3, -0.25) is 0 Å². The van der Waals surface area contributed by atoms with Crippen LogP contribution in [-0.2, 0) is 4.79 Å². The molecule has 0 atom stereocenters. The number of carbonyl (C=O) groups is 1. The van der Waals surface area contributed by atoms with Crippen LogP contribution in [0.3, 0.4) is 0 Å². The summed E-state index contributed by atoms with van der Waals surface area (Å²) in [7, 11) is 0. The highest BCUT2D eigenvalue weighted by Gasteiger charge is 2.10. The van der Waals surface area contributed by atoms with Crippen LogP contribution in [0.4, 0.5) is 0 Å². The topological polar surface area (TPSA) is 37.3 Å². The lowest BCUT2D eigenvalue weighted by atomic mass is 10.0. The molecular weight excluding hydrogens is 235 g/mol. The van der Waals surface area contributed by atoms with Gasteiger partial charge >= 0.3 is 5.97 Å². The first kappa shape index (κ1) is 12.1. The molecule has 1 aromatic carbocycles. The summed E-state index contributed by atoms with van der Waals surface area (Å²) >= 11 is 11.7. The molecule has 2 nitrogen and oxygen atoms in total. The maximum Gasteiger partial charge on any atom is 0.331 e. The Morgan fingerprint density at radius 3 is 2.33 bits per heavy atom. The summed E-state index contributed by atoms with van der Waals surface area (Å²) in [5.74, 6) is -0.946. The van der Waals surface area contributed by atoms with E-state index >= 15 is 0 Å². The lowest BCUT2D eigenvalue weighted by molar-refractivity contribution is -0.132. The smallest absolute Gasteiger partial charge is 0.331 e. The highest BCUT2D eigenvalue weighted by Crippen LogP contribution is 2.28. The van der Waals surface area contributed by atoms with E-state index in [1.165, 1.54) is 0 Å². The maximum atomic E-state index is 10.8. The Kier molecular flexibility index (Phi) is 3.77. The van der Waals surface area contributed by atoms with Gasteiger partial charge in [0, 0.05) is 15.6 Å². The maximum absolute atomic E-state index is 10.8. The van der Waals surface area contributed by atoms with Gasteiger partial charge in [-0.05, 0) is 37.1 Å². The predicted molar refractivity (Wildman–Crippen MR) is 62.4 cm³/mol. The van der Waals surface area contributed by atoms with Crippen molar-refractivity contribution in [3.63, 3.8) is 0 Å². The third-order valence-corrected chi connectivity index (χ3v) is 2.77. The Labute approximate surface area is 98.1 Å². The number of carboxylic acids is 1. The summed E-state index contributed by atoms with van der Waals surface area (Å²) in [6.45, 7) is 3.27. The Morgan fingerprint density at radius 2 is 1.87 bits per heavy atom. The van der Waals surface area contributed by atoms with Crippen molar-refractivity contribution in [2.75, 3.05) is 0 Å². The van der Waals surface area contributed by atoms with Crippen molar-refractivity contribution in [2.24, 2.45) is 0 Å². The molecule has 0 unspecified atom stereocenters. The minimum atomic E-state index is -0.946. The van der Waals surface area contributed by atoms with Crippen molar-refractivity contribution in [1.82, 2.24) is 0 Å². The normalized spacial score (nSPS) is 12.3. The van der Waals surface area contributed by atoms with E-state index in [4.69, 9.17) is 28.3 Å². The summed E-state index contributed by atoms with van der Waals surface area (Å²) in [6.07, 6.45) is 0. The van der Waals surface area contributed by atoms with E-state index in [-0.39, 0.29) is 5.57 Å². The molecule has 0 spiro atoms. The molecule has 0 aromatic heterocycles. The van der Waals surface area contributed by atoms with Gasteiger partial charge in [0.1, 0.15) is 0 Å². The number of halogens is 2. The molecule has 0 amide bonds. The van der Waals surface area contributed by atoms with Gasteiger partial charge in [-0.25, -0.2) is 4.79 Å². The van der Waals surface area contributed by atoms with Crippen molar-refractivity contribution in [1.29, 1.82) is 0 Å². The molecule has 0 fully saturated rings. The van der Waals surface area contributed by atoms with Crippen LogP contribution in [0.25, 0.3) is 5.57 Å². The van der Waals surface area contributed by atoms with Gasteiger partial charge in [0.15, 0.2) is 0 Å². The fourth-order valence-corrected chi connectivity index (χ4v) is 1.71. The lowest BCUT2D eigenvalue weighted by Crippen LogP contribution is -1.99. The first-order valence-electron chi connectivity index (χ1n) is 4.29. The van der Waals surface area contributed by atoms with Crippen molar-refractivity contribution in [2.45, 2.75) is 13.8 Å². The van der Waals surface area contributed by atoms with Crippen LogP contribution < -0.4 is 0 Å². The van der Waals surface area contributed by atoms with E-state index in [0.717, 1.165) is 0 Å². The van der Waals surface area contributed by atoms with E-state index in [2.05, 4.69) is 0 Å². The van der Waals surface area contributed by atoms with E-state index in [1.54, 1.807) is 32.0 Å². The quantitative estimate of drug-likeness (QED) is 0.803. The zero-order valence-corrected chi connectivity index (χ0v) is 9.86. The van der Waals surface area contributed by atoms with Gasteiger partial charge in [0.05, 0.1) is 0 Å². The zero-order valence-electron chi connectivity index (χ0n) is 8.34. The average Bonchev–Trinajstić information content (AvgIpc) is 2.15. The molecule has 0 radical (unpaired) electrons. The Bertz CT molecular complexity index is 436. The Balaban J connectivity index is 3.29. The van der Waals surface area contributed by atoms with Crippen LogP contribution in [0.15, 0.2) is 23.8 Å². The van der Waals surface area contributed by atoms with Crippen LogP contribution in [0.1, 0.15) is 19.4 Å². The fraction of sp³-hybridized carbons (Fsp3) is 0.182. The van der Waals surface area contributed by atoms with E-state index in [1.807, 2.05) is 0 Å². The van der Waals surface area contributed by atoms with Gasteiger partial charge in [0.25, 0.3) is 0 Å². The van der Waals surface area contributed by atoms with Crippen molar-refractivity contribution >= 4 is 34.7 Å².